The maximum atomic E-state index is 10.0. The first kappa shape index (κ1) is 21.0. The van der Waals surface area contributed by atoms with Crippen molar-refractivity contribution in [2.45, 2.75) is 13.8 Å². The highest BCUT2D eigenvalue weighted by atomic mass is 32.1. The zero-order chi connectivity index (χ0) is 24.6. The summed E-state index contributed by atoms with van der Waals surface area (Å²) in [6.07, 6.45) is 0. The molecule has 3 aromatic carbocycles. The van der Waals surface area contributed by atoms with E-state index in [9.17, 15) is 5.11 Å². The number of nitrogens with zero attached hydrogens (tertiary/aromatic N) is 1. The van der Waals surface area contributed by atoms with E-state index in [1.54, 1.807) is 12.1 Å². The average Bonchev–Trinajstić information content (AvgIpc) is 3.67. The molecule has 0 radical (unpaired) electrons. The Morgan fingerprint density at radius 1 is 0.514 bits per heavy atom. The molecular formula is C30H17NOS5. The Kier molecular flexibility index (Phi) is 4.05. The predicted molar refractivity (Wildman–Crippen MR) is 169 cm³/mol. The Labute approximate surface area is 230 Å². The van der Waals surface area contributed by atoms with Crippen LogP contribution < -0.4 is 0 Å². The summed E-state index contributed by atoms with van der Waals surface area (Å²) in [5.74, 6) is 0.295. The standard InChI is InChI=1S/C30H17NOS5/c1-13-3-9-17-19(11-13)33-24-21(17)31(15-5-7-16(32)8-6-15)22-25(24)36-28-26(22)37-29-27-23(35-30(28)29)18-10-4-14(2)12-20(18)34-27/h3-12,32H,1-2H3. The molecule has 0 fully saturated rings. The first-order valence-electron chi connectivity index (χ1n) is 12.0. The SMILES string of the molecule is Cc1ccc2c(c1)sc1c2sc2c1sc1c2sc2c3sc4cc(C)ccc4c3n(-c3ccc(O)cc3)c12. The normalized spacial score (nSPS) is 12.7. The fourth-order valence-corrected chi connectivity index (χ4v) is 13.1. The molecule has 0 aliphatic rings. The highest BCUT2D eigenvalue weighted by Gasteiger charge is 2.26. The molecule has 37 heavy (non-hydrogen) atoms. The molecule has 6 heterocycles. The molecule has 7 heteroatoms. The second-order valence-electron chi connectivity index (χ2n) is 9.69. The number of fused-ring (bicyclic) bond motifs is 13. The van der Waals surface area contributed by atoms with Gasteiger partial charge in [0, 0.05) is 25.9 Å². The highest BCUT2D eigenvalue weighted by molar-refractivity contribution is 7.48. The minimum Gasteiger partial charge on any atom is -0.508 e. The van der Waals surface area contributed by atoms with Crippen molar-refractivity contribution in [2.75, 3.05) is 0 Å². The summed E-state index contributed by atoms with van der Waals surface area (Å²) in [5, 5.41) is 12.7. The number of phenols is 1. The molecule has 9 rings (SSSR count). The lowest BCUT2D eigenvalue weighted by Gasteiger charge is -2.07. The van der Waals surface area contributed by atoms with Crippen molar-refractivity contribution in [1.82, 2.24) is 4.57 Å². The highest BCUT2D eigenvalue weighted by Crippen LogP contribution is 2.56. The molecular weight excluding hydrogens is 551 g/mol. The van der Waals surface area contributed by atoms with Gasteiger partial charge in [0.25, 0.3) is 0 Å². The maximum absolute atomic E-state index is 10.0. The lowest BCUT2D eigenvalue weighted by molar-refractivity contribution is 0.475. The zero-order valence-corrected chi connectivity index (χ0v) is 23.8. The van der Waals surface area contributed by atoms with Crippen LogP contribution in [0.5, 0.6) is 5.75 Å². The number of aromatic nitrogens is 1. The van der Waals surface area contributed by atoms with Crippen LogP contribution in [0.3, 0.4) is 0 Å². The van der Waals surface area contributed by atoms with E-state index in [0.29, 0.717) is 5.75 Å². The summed E-state index contributed by atoms with van der Waals surface area (Å²) in [4.78, 5) is 0. The fourth-order valence-electron chi connectivity index (χ4n) is 5.57. The quantitative estimate of drug-likeness (QED) is 0.210. The molecule has 1 N–H and O–H groups in total. The van der Waals surface area contributed by atoms with Crippen molar-refractivity contribution >= 4 is 125 Å². The Morgan fingerprint density at radius 3 is 1.76 bits per heavy atom. The van der Waals surface area contributed by atoms with Crippen LogP contribution in [0.1, 0.15) is 11.1 Å². The van der Waals surface area contributed by atoms with Gasteiger partial charge in [-0.1, -0.05) is 24.3 Å². The molecule has 0 spiro atoms. The molecule has 0 saturated heterocycles. The first-order valence-corrected chi connectivity index (χ1v) is 16.1. The number of rotatable bonds is 1. The number of thiophene rings is 5. The first-order chi connectivity index (χ1) is 18.0. The monoisotopic (exact) mass is 567 g/mol. The Hall–Kier alpha value is -2.94. The molecule has 0 unspecified atom stereocenters. The molecule has 6 aromatic heterocycles. The molecule has 0 bridgehead atoms. The van der Waals surface area contributed by atoms with E-state index in [-0.39, 0.29) is 0 Å². The van der Waals surface area contributed by atoms with Gasteiger partial charge in [0.1, 0.15) is 5.75 Å². The van der Waals surface area contributed by atoms with Crippen LogP contribution in [-0.4, -0.2) is 9.67 Å². The molecule has 0 aliphatic heterocycles. The van der Waals surface area contributed by atoms with E-state index in [0.717, 1.165) is 5.69 Å². The van der Waals surface area contributed by atoms with Crippen LogP contribution in [0.25, 0.3) is 74.5 Å². The van der Waals surface area contributed by atoms with Crippen LogP contribution >= 0.6 is 56.7 Å². The Morgan fingerprint density at radius 2 is 1.03 bits per heavy atom. The van der Waals surface area contributed by atoms with Gasteiger partial charge in [0.2, 0.25) is 0 Å². The second-order valence-corrected chi connectivity index (χ2v) is 14.9. The number of aryl methyl sites for hydroxylation is 2. The Bertz CT molecular complexity index is 2380. The summed E-state index contributed by atoms with van der Waals surface area (Å²) in [5.41, 5.74) is 6.30. The average molecular weight is 568 g/mol. The van der Waals surface area contributed by atoms with Crippen molar-refractivity contribution in [3.63, 3.8) is 0 Å². The number of phenolic OH excluding ortho intramolecular Hbond substituents is 1. The second kappa shape index (κ2) is 7.12. The third kappa shape index (κ3) is 2.68. The van der Waals surface area contributed by atoms with E-state index in [1.807, 2.05) is 68.8 Å². The van der Waals surface area contributed by atoms with Gasteiger partial charge < -0.3 is 9.67 Å². The lowest BCUT2D eigenvalue weighted by Crippen LogP contribution is -1.92. The molecule has 0 atom stereocenters. The fraction of sp³-hybridized carbons (Fsp3) is 0.0667. The molecule has 0 aliphatic carbocycles. The van der Waals surface area contributed by atoms with E-state index >= 15 is 0 Å². The maximum Gasteiger partial charge on any atom is 0.115 e. The van der Waals surface area contributed by atoms with Crippen LogP contribution in [0, 0.1) is 13.8 Å². The van der Waals surface area contributed by atoms with Crippen LogP contribution in [-0.2, 0) is 0 Å². The zero-order valence-electron chi connectivity index (χ0n) is 19.7. The van der Waals surface area contributed by atoms with Crippen molar-refractivity contribution in [1.29, 1.82) is 0 Å². The third-order valence-corrected chi connectivity index (χ3v) is 14.0. The summed E-state index contributed by atoms with van der Waals surface area (Å²) >= 11 is 9.73. The largest absolute Gasteiger partial charge is 0.508 e. The minimum atomic E-state index is 0.295. The van der Waals surface area contributed by atoms with Gasteiger partial charge in [-0.3, -0.25) is 0 Å². The van der Waals surface area contributed by atoms with Crippen molar-refractivity contribution in [3.05, 3.63) is 71.8 Å². The Balaban J connectivity index is 1.46. The van der Waals surface area contributed by atoms with E-state index < -0.39 is 0 Å². The predicted octanol–water partition coefficient (Wildman–Crippen LogP) is 11.2. The van der Waals surface area contributed by atoms with Crippen molar-refractivity contribution in [3.8, 4) is 11.4 Å². The van der Waals surface area contributed by atoms with Gasteiger partial charge in [-0.15, -0.1) is 56.7 Å². The van der Waals surface area contributed by atoms with Crippen LogP contribution in [0.15, 0.2) is 60.7 Å². The smallest absolute Gasteiger partial charge is 0.115 e. The topological polar surface area (TPSA) is 25.2 Å². The van der Waals surface area contributed by atoms with Gasteiger partial charge in [0.15, 0.2) is 0 Å². The molecule has 9 aromatic rings. The summed E-state index contributed by atoms with van der Waals surface area (Å²) < 4.78 is 16.5. The number of aromatic hydroxyl groups is 1. The minimum absolute atomic E-state index is 0.295. The van der Waals surface area contributed by atoms with Crippen molar-refractivity contribution < 1.29 is 5.11 Å². The van der Waals surface area contributed by atoms with Gasteiger partial charge in [-0.2, -0.15) is 0 Å². The van der Waals surface area contributed by atoms with Gasteiger partial charge in [-0.05, 0) is 61.4 Å². The number of hydrogen-bond donors (Lipinski definition) is 1. The lowest BCUT2D eigenvalue weighted by atomic mass is 10.2. The van der Waals surface area contributed by atoms with E-state index in [1.165, 1.54) is 79.9 Å². The van der Waals surface area contributed by atoms with Crippen LogP contribution in [0.2, 0.25) is 0 Å². The summed E-state index contributed by atoms with van der Waals surface area (Å²) in [7, 11) is 0. The van der Waals surface area contributed by atoms with Gasteiger partial charge in [0.05, 0.1) is 48.6 Å². The summed E-state index contributed by atoms with van der Waals surface area (Å²) in [6, 6.07) is 21.3. The molecule has 0 amide bonds. The van der Waals surface area contributed by atoms with E-state index in [2.05, 4.69) is 54.8 Å². The summed E-state index contributed by atoms with van der Waals surface area (Å²) in [6.45, 7) is 4.34. The number of hydrogen-bond acceptors (Lipinski definition) is 6. The molecule has 2 nitrogen and oxygen atoms in total. The van der Waals surface area contributed by atoms with Crippen LogP contribution in [0.4, 0.5) is 0 Å². The van der Waals surface area contributed by atoms with Gasteiger partial charge >= 0.3 is 0 Å². The van der Waals surface area contributed by atoms with Crippen molar-refractivity contribution in [2.24, 2.45) is 0 Å². The molecule has 178 valence electrons. The van der Waals surface area contributed by atoms with E-state index in [4.69, 9.17) is 0 Å². The van der Waals surface area contributed by atoms with Gasteiger partial charge in [-0.25, -0.2) is 0 Å². The molecule has 0 saturated carbocycles. The number of benzene rings is 3. The third-order valence-electron chi connectivity index (χ3n) is 7.25.